The van der Waals surface area contributed by atoms with Crippen molar-refractivity contribution in [3.05, 3.63) is 35.4 Å². The van der Waals surface area contributed by atoms with E-state index in [1.807, 2.05) is 0 Å². The molecule has 0 aliphatic carbocycles. The standard InChI is InChI=1S/C14H17F2NO3/c1-8(2)13(14(19)20)17-12(18)6-4-9-3-5-10(15)11(16)7-9/h3,5,7-8,13H,4,6H2,1-2H3,(H,17,18)(H,19,20)/t13-/m1/s1. The van der Waals surface area contributed by atoms with Crippen LogP contribution in [0.5, 0.6) is 0 Å². The van der Waals surface area contributed by atoms with E-state index in [0.717, 1.165) is 12.1 Å². The lowest BCUT2D eigenvalue weighted by atomic mass is 10.0. The Morgan fingerprint density at radius 2 is 1.90 bits per heavy atom. The summed E-state index contributed by atoms with van der Waals surface area (Å²) in [5.74, 6) is -3.67. The Balaban J connectivity index is 2.54. The van der Waals surface area contributed by atoms with Crippen LogP contribution in [0.3, 0.4) is 0 Å². The van der Waals surface area contributed by atoms with Crippen LogP contribution in [0.25, 0.3) is 0 Å². The Bertz CT molecular complexity index is 503. The number of nitrogens with one attached hydrogen (secondary N) is 1. The average Bonchev–Trinajstić information content (AvgIpc) is 2.36. The first-order valence-electron chi connectivity index (χ1n) is 6.27. The van der Waals surface area contributed by atoms with Gasteiger partial charge in [0.15, 0.2) is 11.6 Å². The number of halogens is 2. The van der Waals surface area contributed by atoms with Crippen LogP contribution in [0, 0.1) is 17.6 Å². The molecule has 0 aromatic heterocycles. The molecule has 0 unspecified atom stereocenters. The maximum absolute atomic E-state index is 13.0. The molecular weight excluding hydrogens is 268 g/mol. The fraction of sp³-hybridized carbons (Fsp3) is 0.429. The predicted molar refractivity (Wildman–Crippen MR) is 69.1 cm³/mol. The molecule has 1 amide bonds. The summed E-state index contributed by atoms with van der Waals surface area (Å²) >= 11 is 0. The molecule has 0 heterocycles. The summed E-state index contributed by atoms with van der Waals surface area (Å²) < 4.78 is 25.7. The third kappa shape index (κ3) is 4.60. The largest absolute Gasteiger partial charge is 0.480 e. The summed E-state index contributed by atoms with van der Waals surface area (Å²) in [7, 11) is 0. The number of aryl methyl sites for hydroxylation is 1. The number of carboxylic acid groups (broad SMARTS) is 1. The molecule has 1 atom stereocenters. The summed E-state index contributed by atoms with van der Waals surface area (Å²) in [4.78, 5) is 22.6. The van der Waals surface area contributed by atoms with Gasteiger partial charge in [-0.15, -0.1) is 0 Å². The fourth-order valence-corrected chi connectivity index (χ4v) is 1.71. The van der Waals surface area contributed by atoms with Gasteiger partial charge in [-0.05, 0) is 30.0 Å². The van der Waals surface area contributed by atoms with Gasteiger partial charge in [-0.1, -0.05) is 19.9 Å². The highest BCUT2D eigenvalue weighted by Gasteiger charge is 2.23. The second kappa shape index (κ2) is 6.98. The van der Waals surface area contributed by atoms with E-state index in [1.165, 1.54) is 6.07 Å². The summed E-state index contributed by atoms with van der Waals surface area (Å²) in [5.41, 5.74) is 0.482. The number of benzene rings is 1. The zero-order valence-corrected chi connectivity index (χ0v) is 11.3. The van der Waals surface area contributed by atoms with Crippen molar-refractivity contribution in [2.24, 2.45) is 5.92 Å². The molecule has 0 aliphatic rings. The van der Waals surface area contributed by atoms with Crippen LogP contribution >= 0.6 is 0 Å². The maximum atomic E-state index is 13.0. The molecule has 1 aromatic rings. The van der Waals surface area contributed by atoms with E-state index in [9.17, 15) is 18.4 Å². The van der Waals surface area contributed by atoms with Crippen LogP contribution in [-0.4, -0.2) is 23.0 Å². The Labute approximate surface area is 115 Å². The smallest absolute Gasteiger partial charge is 0.326 e. The molecule has 0 bridgehead atoms. The SMILES string of the molecule is CC(C)[C@@H](NC(=O)CCc1ccc(F)c(F)c1)C(=O)O. The van der Waals surface area contributed by atoms with E-state index in [2.05, 4.69) is 5.32 Å². The number of hydrogen-bond donors (Lipinski definition) is 2. The molecule has 110 valence electrons. The minimum Gasteiger partial charge on any atom is -0.480 e. The highest BCUT2D eigenvalue weighted by molar-refractivity contribution is 5.83. The number of carbonyl (C=O) groups excluding carboxylic acids is 1. The van der Waals surface area contributed by atoms with Crippen molar-refractivity contribution in [3.8, 4) is 0 Å². The van der Waals surface area contributed by atoms with Crippen LogP contribution in [0.1, 0.15) is 25.8 Å². The van der Waals surface area contributed by atoms with Gasteiger partial charge in [-0.2, -0.15) is 0 Å². The van der Waals surface area contributed by atoms with Gasteiger partial charge in [0.2, 0.25) is 5.91 Å². The van der Waals surface area contributed by atoms with Crippen LogP contribution < -0.4 is 5.32 Å². The second-order valence-electron chi connectivity index (χ2n) is 4.88. The molecule has 20 heavy (non-hydrogen) atoms. The van der Waals surface area contributed by atoms with Crippen LogP contribution in [0.4, 0.5) is 8.78 Å². The summed E-state index contributed by atoms with van der Waals surface area (Å²) in [6.07, 6.45) is 0.231. The van der Waals surface area contributed by atoms with E-state index in [4.69, 9.17) is 5.11 Å². The van der Waals surface area contributed by atoms with Gasteiger partial charge < -0.3 is 10.4 Å². The van der Waals surface area contributed by atoms with Gasteiger partial charge in [-0.3, -0.25) is 4.79 Å². The van der Waals surface area contributed by atoms with Gasteiger partial charge in [0.05, 0.1) is 0 Å². The van der Waals surface area contributed by atoms with E-state index in [-0.39, 0.29) is 18.8 Å². The molecule has 0 saturated heterocycles. The molecule has 4 nitrogen and oxygen atoms in total. The molecule has 0 saturated carbocycles. The molecule has 0 fully saturated rings. The normalized spacial score (nSPS) is 12.2. The first kappa shape index (κ1) is 16.1. The zero-order valence-electron chi connectivity index (χ0n) is 11.3. The van der Waals surface area contributed by atoms with Crippen LogP contribution in [0.15, 0.2) is 18.2 Å². The van der Waals surface area contributed by atoms with Crippen molar-refractivity contribution in [1.82, 2.24) is 5.32 Å². The highest BCUT2D eigenvalue weighted by atomic mass is 19.2. The topological polar surface area (TPSA) is 66.4 Å². The van der Waals surface area contributed by atoms with E-state index in [1.54, 1.807) is 13.8 Å². The van der Waals surface area contributed by atoms with Crippen molar-refractivity contribution in [2.45, 2.75) is 32.7 Å². The maximum Gasteiger partial charge on any atom is 0.326 e. The Kier molecular flexibility index (Phi) is 5.61. The van der Waals surface area contributed by atoms with Crippen molar-refractivity contribution >= 4 is 11.9 Å². The monoisotopic (exact) mass is 285 g/mol. The van der Waals surface area contributed by atoms with E-state index >= 15 is 0 Å². The Morgan fingerprint density at radius 3 is 2.40 bits per heavy atom. The highest BCUT2D eigenvalue weighted by Crippen LogP contribution is 2.10. The molecule has 0 radical (unpaired) electrons. The fourth-order valence-electron chi connectivity index (χ4n) is 1.71. The molecule has 1 aromatic carbocycles. The quantitative estimate of drug-likeness (QED) is 0.841. The third-order valence-corrected chi connectivity index (χ3v) is 2.87. The minimum atomic E-state index is -1.10. The average molecular weight is 285 g/mol. The summed E-state index contributed by atoms with van der Waals surface area (Å²) in [6, 6.07) is 2.46. The molecule has 2 N–H and O–H groups in total. The Hall–Kier alpha value is -1.98. The van der Waals surface area contributed by atoms with Gasteiger partial charge >= 0.3 is 5.97 Å². The number of aliphatic carboxylic acids is 1. The Morgan fingerprint density at radius 1 is 1.25 bits per heavy atom. The van der Waals surface area contributed by atoms with Crippen LogP contribution in [0.2, 0.25) is 0 Å². The van der Waals surface area contributed by atoms with Crippen molar-refractivity contribution in [3.63, 3.8) is 0 Å². The molecule has 1 rings (SSSR count). The lowest BCUT2D eigenvalue weighted by molar-refractivity contribution is -0.143. The van der Waals surface area contributed by atoms with E-state index in [0.29, 0.717) is 5.56 Å². The number of carbonyl (C=O) groups is 2. The lowest BCUT2D eigenvalue weighted by Gasteiger charge is -2.17. The number of carboxylic acids is 1. The third-order valence-electron chi connectivity index (χ3n) is 2.87. The summed E-state index contributed by atoms with van der Waals surface area (Å²) in [6.45, 7) is 3.38. The lowest BCUT2D eigenvalue weighted by Crippen LogP contribution is -2.44. The van der Waals surface area contributed by atoms with Gasteiger partial charge in [-0.25, -0.2) is 13.6 Å². The first-order chi connectivity index (χ1) is 9.31. The summed E-state index contributed by atoms with van der Waals surface area (Å²) in [5, 5.41) is 11.3. The van der Waals surface area contributed by atoms with Crippen LogP contribution in [-0.2, 0) is 16.0 Å². The second-order valence-corrected chi connectivity index (χ2v) is 4.88. The van der Waals surface area contributed by atoms with Crippen molar-refractivity contribution in [1.29, 1.82) is 0 Å². The molecule has 6 heteroatoms. The van der Waals surface area contributed by atoms with Gasteiger partial charge in [0.25, 0.3) is 0 Å². The van der Waals surface area contributed by atoms with Crippen molar-refractivity contribution in [2.75, 3.05) is 0 Å². The predicted octanol–water partition coefficient (Wildman–Crippen LogP) is 2.12. The first-order valence-corrected chi connectivity index (χ1v) is 6.27. The minimum absolute atomic E-state index is 0.0154. The van der Waals surface area contributed by atoms with Gasteiger partial charge in [0, 0.05) is 6.42 Å². The number of hydrogen-bond acceptors (Lipinski definition) is 2. The van der Waals surface area contributed by atoms with Crippen molar-refractivity contribution < 1.29 is 23.5 Å². The molecule has 0 aliphatic heterocycles. The van der Waals surface area contributed by atoms with Gasteiger partial charge in [0.1, 0.15) is 6.04 Å². The number of amides is 1. The number of rotatable bonds is 6. The molecular formula is C14H17F2NO3. The zero-order chi connectivity index (χ0) is 15.3. The molecule has 0 spiro atoms. The van der Waals surface area contributed by atoms with E-state index < -0.39 is 29.6 Å².